The van der Waals surface area contributed by atoms with Gasteiger partial charge in [0.1, 0.15) is 5.76 Å². The molecule has 0 aromatic carbocycles. The summed E-state index contributed by atoms with van der Waals surface area (Å²) in [5.74, 6) is 0.849. The first kappa shape index (κ1) is 13.7. The predicted octanol–water partition coefficient (Wildman–Crippen LogP) is 2.81. The molecule has 0 aliphatic rings. The molecule has 2 nitrogen and oxygen atoms in total. The number of methoxy groups -OCH3 is 1. The Balaban J connectivity index is 3.77. The van der Waals surface area contributed by atoms with E-state index in [0.717, 1.165) is 30.8 Å². The highest BCUT2D eigenvalue weighted by Crippen LogP contribution is 2.00. The summed E-state index contributed by atoms with van der Waals surface area (Å²) in [6.45, 7) is 11.3. The Kier molecular flexibility index (Phi) is 8.49. The van der Waals surface area contributed by atoms with E-state index in [1.165, 1.54) is 0 Å². The second-order valence-corrected chi connectivity index (χ2v) is 3.14. The molecule has 0 heterocycles. The van der Waals surface area contributed by atoms with E-state index in [2.05, 4.69) is 18.5 Å². The highest BCUT2D eigenvalue weighted by Gasteiger charge is 1.90. The lowest BCUT2D eigenvalue weighted by Gasteiger charge is -2.03. The van der Waals surface area contributed by atoms with Crippen LogP contribution < -0.4 is 5.32 Å². The Bertz CT molecular complexity index is 251. The first-order valence-electron chi connectivity index (χ1n) is 5.12. The zero-order chi connectivity index (χ0) is 11.5. The molecule has 0 unspecified atom stereocenters. The molecular weight excluding hydrogens is 186 g/mol. The molecule has 0 rings (SSSR count). The maximum absolute atomic E-state index is 5.09. The smallest absolute Gasteiger partial charge is 0.114 e. The molecule has 0 aromatic rings. The fourth-order valence-electron chi connectivity index (χ4n) is 0.994. The fraction of sp³-hybridized carbons (Fsp3) is 0.385. The third-order valence-corrected chi connectivity index (χ3v) is 1.88. The highest BCUT2D eigenvalue weighted by molar-refractivity contribution is 5.23. The second kappa shape index (κ2) is 9.28. The summed E-state index contributed by atoms with van der Waals surface area (Å²) in [4.78, 5) is 0. The molecule has 1 N–H and O–H groups in total. The van der Waals surface area contributed by atoms with Crippen molar-refractivity contribution in [3.05, 3.63) is 48.8 Å². The van der Waals surface area contributed by atoms with Crippen LogP contribution in [-0.2, 0) is 4.74 Å². The standard InChI is InChI=1S/C13H21NO/c1-5-7-10-14-11-12(3)8-9-13(6-2)15-4/h5-6,8-9,14H,1,3,7,10-11H2,2,4H3/b9-8-,13-6+. The summed E-state index contributed by atoms with van der Waals surface area (Å²) in [5.41, 5.74) is 1.04. The fourth-order valence-corrected chi connectivity index (χ4v) is 0.994. The van der Waals surface area contributed by atoms with E-state index in [-0.39, 0.29) is 0 Å². The Labute approximate surface area is 93.0 Å². The molecule has 0 saturated carbocycles. The van der Waals surface area contributed by atoms with Gasteiger partial charge in [-0.3, -0.25) is 0 Å². The van der Waals surface area contributed by atoms with Crippen LogP contribution in [0.2, 0.25) is 0 Å². The maximum Gasteiger partial charge on any atom is 0.114 e. The number of ether oxygens (including phenoxy) is 1. The summed E-state index contributed by atoms with van der Waals surface area (Å²) in [6, 6.07) is 0. The zero-order valence-electron chi connectivity index (χ0n) is 9.75. The van der Waals surface area contributed by atoms with Crippen molar-refractivity contribution in [2.45, 2.75) is 13.3 Å². The van der Waals surface area contributed by atoms with Crippen molar-refractivity contribution >= 4 is 0 Å². The number of hydrogen-bond acceptors (Lipinski definition) is 2. The minimum Gasteiger partial charge on any atom is -0.497 e. The molecule has 0 aliphatic carbocycles. The van der Waals surface area contributed by atoms with Gasteiger partial charge in [-0.25, -0.2) is 0 Å². The molecule has 0 amide bonds. The van der Waals surface area contributed by atoms with Crippen molar-refractivity contribution in [1.29, 1.82) is 0 Å². The van der Waals surface area contributed by atoms with Crippen LogP contribution in [-0.4, -0.2) is 20.2 Å². The quantitative estimate of drug-likeness (QED) is 0.286. The van der Waals surface area contributed by atoms with Gasteiger partial charge in [0.2, 0.25) is 0 Å². The summed E-state index contributed by atoms with van der Waals surface area (Å²) >= 11 is 0. The lowest BCUT2D eigenvalue weighted by Crippen LogP contribution is -2.16. The molecule has 0 saturated heterocycles. The van der Waals surface area contributed by atoms with Gasteiger partial charge in [-0.1, -0.05) is 18.7 Å². The average molecular weight is 207 g/mol. The predicted molar refractivity (Wildman–Crippen MR) is 66.7 cm³/mol. The lowest BCUT2D eigenvalue weighted by molar-refractivity contribution is 0.306. The van der Waals surface area contributed by atoms with Gasteiger partial charge in [0.25, 0.3) is 0 Å². The molecule has 84 valence electrons. The van der Waals surface area contributed by atoms with Crippen LogP contribution in [0.3, 0.4) is 0 Å². The van der Waals surface area contributed by atoms with Crippen molar-refractivity contribution in [2.24, 2.45) is 0 Å². The van der Waals surface area contributed by atoms with Crippen LogP contribution in [0, 0.1) is 0 Å². The van der Waals surface area contributed by atoms with Crippen molar-refractivity contribution in [3.8, 4) is 0 Å². The second-order valence-electron chi connectivity index (χ2n) is 3.14. The van der Waals surface area contributed by atoms with Crippen LogP contribution in [0.25, 0.3) is 0 Å². The summed E-state index contributed by atoms with van der Waals surface area (Å²) < 4.78 is 5.09. The number of hydrogen-bond donors (Lipinski definition) is 1. The van der Waals surface area contributed by atoms with Gasteiger partial charge in [-0.05, 0) is 37.6 Å². The molecule has 15 heavy (non-hydrogen) atoms. The Morgan fingerprint density at radius 2 is 2.13 bits per heavy atom. The monoisotopic (exact) mass is 207 g/mol. The molecule has 0 atom stereocenters. The Morgan fingerprint density at radius 1 is 1.40 bits per heavy atom. The molecular formula is C13H21NO. The van der Waals surface area contributed by atoms with Crippen molar-refractivity contribution in [2.75, 3.05) is 20.2 Å². The van der Waals surface area contributed by atoms with Gasteiger partial charge in [-0.15, -0.1) is 6.58 Å². The van der Waals surface area contributed by atoms with E-state index in [1.807, 2.05) is 31.2 Å². The Hall–Kier alpha value is -1.28. The van der Waals surface area contributed by atoms with Gasteiger partial charge in [0, 0.05) is 6.54 Å². The van der Waals surface area contributed by atoms with E-state index in [1.54, 1.807) is 7.11 Å². The third kappa shape index (κ3) is 7.77. The van der Waals surface area contributed by atoms with Gasteiger partial charge in [0.05, 0.1) is 7.11 Å². The van der Waals surface area contributed by atoms with Gasteiger partial charge in [-0.2, -0.15) is 0 Å². The summed E-state index contributed by atoms with van der Waals surface area (Å²) in [7, 11) is 1.66. The Morgan fingerprint density at radius 3 is 2.67 bits per heavy atom. The highest BCUT2D eigenvalue weighted by atomic mass is 16.5. The summed E-state index contributed by atoms with van der Waals surface area (Å²) in [5, 5.41) is 3.26. The molecule has 0 aliphatic heterocycles. The van der Waals surface area contributed by atoms with E-state index in [9.17, 15) is 0 Å². The van der Waals surface area contributed by atoms with Crippen LogP contribution in [0.1, 0.15) is 13.3 Å². The van der Waals surface area contributed by atoms with E-state index in [0.29, 0.717) is 0 Å². The molecule has 0 aromatic heterocycles. The van der Waals surface area contributed by atoms with Gasteiger partial charge in [0.15, 0.2) is 0 Å². The van der Waals surface area contributed by atoms with Crippen LogP contribution in [0.4, 0.5) is 0 Å². The molecule has 0 spiro atoms. The van der Waals surface area contributed by atoms with E-state index in [4.69, 9.17) is 4.74 Å². The van der Waals surface area contributed by atoms with Gasteiger partial charge < -0.3 is 10.1 Å². The lowest BCUT2D eigenvalue weighted by atomic mass is 10.2. The number of allylic oxidation sites excluding steroid dienone is 2. The van der Waals surface area contributed by atoms with Crippen LogP contribution in [0.5, 0.6) is 0 Å². The van der Waals surface area contributed by atoms with Crippen LogP contribution >= 0.6 is 0 Å². The van der Waals surface area contributed by atoms with Crippen molar-refractivity contribution in [3.63, 3.8) is 0 Å². The van der Waals surface area contributed by atoms with Gasteiger partial charge >= 0.3 is 0 Å². The number of nitrogens with one attached hydrogen (secondary N) is 1. The molecule has 0 bridgehead atoms. The number of rotatable bonds is 8. The van der Waals surface area contributed by atoms with Crippen LogP contribution in [0.15, 0.2) is 48.8 Å². The van der Waals surface area contributed by atoms with E-state index >= 15 is 0 Å². The first-order valence-corrected chi connectivity index (χ1v) is 5.12. The van der Waals surface area contributed by atoms with E-state index < -0.39 is 0 Å². The van der Waals surface area contributed by atoms with Crippen molar-refractivity contribution in [1.82, 2.24) is 5.32 Å². The SMILES string of the molecule is C=CCCNCC(=C)/C=C\C(=C/C)OC. The average Bonchev–Trinajstić information content (AvgIpc) is 2.26. The topological polar surface area (TPSA) is 21.3 Å². The molecule has 2 heteroatoms. The molecule has 0 radical (unpaired) electrons. The van der Waals surface area contributed by atoms with Crippen molar-refractivity contribution < 1.29 is 4.74 Å². The third-order valence-electron chi connectivity index (χ3n) is 1.88. The first-order chi connectivity index (χ1) is 7.24. The largest absolute Gasteiger partial charge is 0.497 e. The molecule has 0 fully saturated rings. The normalized spacial score (nSPS) is 11.7. The zero-order valence-corrected chi connectivity index (χ0v) is 9.75. The minimum atomic E-state index is 0.797. The summed E-state index contributed by atoms with van der Waals surface area (Å²) in [6.07, 6.45) is 8.66. The minimum absolute atomic E-state index is 0.797. The maximum atomic E-state index is 5.09.